The summed E-state index contributed by atoms with van der Waals surface area (Å²) >= 11 is 0. The molecule has 1 aromatic rings. The maximum Gasteiger partial charge on any atom is 0.325 e. The number of hydrogen-bond acceptors (Lipinski definition) is 5. The molecule has 20 heavy (non-hydrogen) atoms. The highest BCUT2D eigenvalue weighted by Crippen LogP contribution is 2.35. The molecule has 1 atom stereocenters. The average Bonchev–Trinajstić information content (AvgIpc) is 2.44. The van der Waals surface area contributed by atoms with Gasteiger partial charge in [-0.3, -0.25) is 9.36 Å². The van der Waals surface area contributed by atoms with Crippen molar-refractivity contribution in [3.8, 4) is 0 Å². The van der Waals surface area contributed by atoms with Gasteiger partial charge >= 0.3 is 13.6 Å². The second kappa shape index (κ2) is 9.63. The van der Waals surface area contributed by atoms with Crippen LogP contribution in [0.4, 0.5) is 0 Å². The number of esters is 1. The first kappa shape index (κ1) is 18.8. The summed E-state index contributed by atoms with van der Waals surface area (Å²) in [6.07, 6.45) is -0.521. The first-order valence-corrected chi connectivity index (χ1v) is 7.64. The molecule has 0 radical (unpaired) electrons. The maximum atomic E-state index is 11.4. The van der Waals surface area contributed by atoms with Crippen LogP contribution >= 0.6 is 7.60 Å². The van der Waals surface area contributed by atoms with Crippen LogP contribution in [0.25, 0.3) is 0 Å². The fourth-order valence-electron chi connectivity index (χ4n) is 1.26. The van der Waals surface area contributed by atoms with Crippen LogP contribution in [0.5, 0.6) is 0 Å². The number of nitrogens with two attached hydrogens (primary N) is 1. The minimum Gasteiger partial charge on any atom is -0.460 e. The lowest BCUT2D eigenvalue weighted by molar-refractivity contribution is -0.146. The van der Waals surface area contributed by atoms with Gasteiger partial charge in [-0.25, -0.2) is 0 Å². The molecule has 0 fully saturated rings. The van der Waals surface area contributed by atoms with Crippen molar-refractivity contribution >= 4 is 13.6 Å². The van der Waals surface area contributed by atoms with Crippen LogP contribution in [0.3, 0.4) is 0 Å². The van der Waals surface area contributed by atoms with Crippen molar-refractivity contribution in [3.63, 3.8) is 0 Å². The minimum atomic E-state index is -4.12. The van der Waals surface area contributed by atoms with Gasteiger partial charge in [0.25, 0.3) is 0 Å². The molecule has 1 aromatic carbocycles. The number of carbonyl (C=O) groups is 1. The Labute approximate surface area is 117 Å². The molecular formula is C12H20NO6P. The Bertz CT molecular complexity index is 433. The van der Waals surface area contributed by atoms with E-state index in [0.29, 0.717) is 0 Å². The standard InChI is InChI=1S/C11H16NO5P.CH4O/c12-10(6-7-18(14,15)16)11(13)17-8-9-4-2-1-3-5-9;1-2/h1-5,10H,6-8,12H2,(H2,14,15,16);2H,1H3. The molecule has 0 spiro atoms. The van der Waals surface area contributed by atoms with Crippen molar-refractivity contribution in [1.29, 1.82) is 0 Å². The van der Waals surface area contributed by atoms with E-state index in [-0.39, 0.29) is 13.0 Å². The number of aliphatic hydroxyl groups is 1. The summed E-state index contributed by atoms with van der Waals surface area (Å²) in [6, 6.07) is 8.06. The van der Waals surface area contributed by atoms with Crippen LogP contribution < -0.4 is 5.73 Å². The zero-order valence-corrected chi connectivity index (χ0v) is 12.1. The molecule has 0 aromatic heterocycles. The SMILES string of the molecule is CO.NC(CCP(=O)(O)O)C(=O)OCc1ccccc1. The third kappa shape index (κ3) is 8.79. The van der Waals surface area contributed by atoms with Crippen molar-refractivity contribution in [2.75, 3.05) is 13.3 Å². The molecule has 0 aliphatic heterocycles. The van der Waals surface area contributed by atoms with Gasteiger partial charge in [-0.05, 0) is 12.0 Å². The quantitative estimate of drug-likeness (QED) is 0.437. The highest BCUT2D eigenvalue weighted by molar-refractivity contribution is 7.51. The smallest absolute Gasteiger partial charge is 0.325 e. The van der Waals surface area contributed by atoms with Crippen LogP contribution in [0.1, 0.15) is 12.0 Å². The van der Waals surface area contributed by atoms with Crippen LogP contribution in [-0.4, -0.2) is 40.2 Å². The number of hydrogen-bond donors (Lipinski definition) is 4. The predicted molar refractivity (Wildman–Crippen MR) is 73.9 cm³/mol. The van der Waals surface area contributed by atoms with Gasteiger partial charge in [0.1, 0.15) is 12.6 Å². The fourth-order valence-corrected chi connectivity index (χ4v) is 1.88. The Morgan fingerprint density at radius 3 is 2.35 bits per heavy atom. The molecule has 114 valence electrons. The van der Waals surface area contributed by atoms with Crippen molar-refractivity contribution in [1.82, 2.24) is 0 Å². The fraction of sp³-hybridized carbons (Fsp3) is 0.417. The summed E-state index contributed by atoms with van der Waals surface area (Å²) in [4.78, 5) is 28.8. The summed E-state index contributed by atoms with van der Waals surface area (Å²) in [6.45, 7) is 0.100. The third-order valence-electron chi connectivity index (χ3n) is 2.26. The zero-order valence-electron chi connectivity index (χ0n) is 11.2. The molecule has 1 unspecified atom stereocenters. The lowest BCUT2D eigenvalue weighted by Crippen LogP contribution is -2.33. The van der Waals surface area contributed by atoms with Gasteiger partial charge < -0.3 is 25.4 Å². The van der Waals surface area contributed by atoms with Crippen LogP contribution in [-0.2, 0) is 20.7 Å². The second-order valence-corrected chi connectivity index (χ2v) is 5.65. The van der Waals surface area contributed by atoms with E-state index in [9.17, 15) is 9.36 Å². The molecular weight excluding hydrogens is 285 g/mol. The Kier molecular flexibility index (Phi) is 9.03. The molecule has 0 bridgehead atoms. The van der Waals surface area contributed by atoms with E-state index < -0.39 is 25.8 Å². The topological polar surface area (TPSA) is 130 Å². The first-order valence-electron chi connectivity index (χ1n) is 5.84. The molecule has 5 N–H and O–H groups in total. The Morgan fingerprint density at radius 2 is 1.85 bits per heavy atom. The van der Waals surface area contributed by atoms with Crippen LogP contribution in [0.15, 0.2) is 30.3 Å². The second-order valence-electron chi connectivity index (χ2n) is 3.88. The third-order valence-corrected chi connectivity index (χ3v) is 3.10. The highest BCUT2D eigenvalue weighted by atomic mass is 31.2. The Balaban J connectivity index is 0.00000172. The van der Waals surface area contributed by atoms with Crippen molar-refractivity contribution < 1.29 is 29.0 Å². The van der Waals surface area contributed by atoms with E-state index >= 15 is 0 Å². The van der Waals surface area contributed by atoms with Crippen LogP contribution in [0.2, 0.25) is 0 Å². The van der Waals surface area contributed by atoms with Gasteiger partial charge in [-0.15, -0.1) is 0 Å². The monoisotopic (exact) mass is 305 g/mol. The number of benzene rings is 1. The van der Waals surface area contributed by atoms with E-state index in [2.05, 4.69) is 0 Å². The summed E-state index contributed by atoms with van der Waals surface area (Å²) in [5.74, 6) is -0.660. The lowest BCUT2D eigenvalue weighted by Gasteiger charge is -2.11. The molecule has 0 amide bonds. The predicted octanol–water partition coefficient (Wildman–Crippen LogP) is 0.233. The van der Waals surface area contributed by atoms with E-state index in [0.717, 1.165) is 12.7 Å². The summed E-state index contributed by atoms with van der Waals surface area (Å²) in [7, 11) is -3.12. The van der Waals surface area contributed by atoms with Gasteiger partial charge in [-0.1, -0.05) is 30.3 Å². The zero-order chi connectivity index (χ0) is 15.6. The molecule has 0 saturated heterocycles. The van der Waals surface area contributed by atoms with E-state index in [1.807, 2.05) is 18.2 Å². The first-order chi connectivity index (χ1) is 9.38. The van der Waals surface area contributed by atoms with E-state index in [1.165, 1.54) is 0 Å². The van der Waals surface area contributed by atoms with Crippen molar-refractivity contribution in [3.05, 3.63) is 35.9 Å². The minimum absolute atomic E-state index is 0.0993. The summed E-state index contributed by atoms with van der Waals surface area (Å²) in [5, 5.41) is 7.00. The van der Waals surface area contributed by atoms with E-state index in [1.54, 1.807) is 12.1 Å². The van der Waals surface area contributed by atoms with E-state index in [4.69, 9.17) is 25.4 Å². The molecule has 8 heteroatoms. The Hall–Kier alpha value is -1.24. The average molecular weight is 305 g/mol. The molecule has 0 heterocycles. The number of aliphatic hydroxyl groups excluding tert-OH is 1. The highest BCUT2D eigenvalue weighted by Gasteiger charge is 2.20. The molecule has 0 aliphatic carbocycles. The molecule has 0 aliphatic rings. The molecule has 7 nitrogen and oxygen atoms in total. The molecule has 1 rings (SSSR count). The van der Waals surface area contributed by atoms with Gasteiger partial charge in [0.15, 0.2) is 0 Å². The largest absolute Gasteiger partial charge is 0.460 e. The van der Waals surface area contributed by atoms with Gasteiger partial charge in [0, 0.05) is 7.11 Å². The summed E-state index contributed by atoms with van der Waals surface area (Å²) < 4.78 is 15.6. The van der Waals surface area contributed by atoms with Gasteiger partial charge in [0.05, 0.1) is 6.16 Å². The van der Waals surface area contributed by atoms with Gasteiger partial charge in [0.2, 0.25) is 0 Å². The number of carbonyl (C=O) groups excluding carboxylic acids is 1. The summed E-state index contributed by atoms with van der Waals surface area (Å²) in [5.41, 5.74) is 6.30. The van der Waals surface area contributed by atoms with Crippen molar-refractivity contribution in [2.24, 2.45) is 5.73 Å². The lowest BCUT2D eigenvalue weighted by atomic mass is 10.2. The number of rotatable bonds is 6. The molecule has 0 saturated carbocycles. The Morgan fingerprint density at radius 1 is 1.30 bits per heavy atom. The number of ether oxygens (including phenoxy) is 1. The maximum absolute atomic E-state index is 11.4. The van der Waals surface area contributed by atoms with Gasteiger partial charge in [-0.2, -0.15) is 0 Å². The van der Waals surface area contributed by atoms with Crippen molar-refractivity contribution in [2.45, 2.75) is 19.1 Å². The normalized spacial score (nSPS) is 12.1. The van der Waals surface area contributed by atoms with Crippen LogP contribution in [0, 0.1) is 0 Å².